The Morgan fingerprint density at radius 2 is 1.72 bits per heavy atom. The third-order valence-electron chi connectivity index (χ3n) is 7.35. The molecule has 2 fully saturated rings. The maximum Gasteiger partial charge on any atom is 0.408 e. The minimum Gasteiger partial charge on any atom is -0.444 e. The van der Waals surface area contributed by atoms with E-state index < -0.39 is 5.60 Å². The van der Waals surface area contributed by atoms with Gasteiger partial charge in [-0.05, 0) is 64.7 Å². The van der Waals surface area contributed by atoms with Crippen LogP contribution in [0.5, 0.6) is 0 Å². The molecule has 36 heavy (non-hydrogen) atoms. The Morgan fingerprint density at radius 3 is 2.42 bits per heavy atom. The van der Waals surface area contributed by atoms with Gasteiger partial charge in [0.05, 0.1) is 17.1 Å². The number of benzene rings is 2. The molecule has 0 saturated carbocycles. The molecular formula is C29H38N4O2S. The number of ether oxygens (including phenoxy) is 1. The number of nitrogens with one attached hydrogen (secondary N) is 1. The van der Waals surface area contributed by atoms with E-state index >= 15 is 0 Å². The number of hydrogen-bond acceptors (Lipinski definition) is 5. The zero-order valence-electron chi connectivity index (χ0n) is 21.8. The van der Waals surface area contributed by atoms with Crippen LogP contribution in [0.15, 0.2) is 54.6 Å². The van der Waals surface area contributed by atoms with Crippen molar-refractivity contribution in [1.29, 1.82) is 0 Å². The second-order valence-electron chi connectivity index (χ2n) is 11.1. The van der Waals surface area contributed by atoms with E-state index in [2.05, 4.69) is 69.9 Å². The zero-order chi connectivity index (χ0) is 25.3. The van der Waals surface area contributed by atoms with Crippen LogP contribution < -0.4 is 5.32 Å². The number of para-hydroxylation sites is 2. The number of piperidine rings is 1. The molecule has 6 nitrogen and oxygen atoms in total. The summed E-state index contributed by atoms with van der Waals surface area (Å²) < 4.78 is 8.07. The molecule has 2 unspecified atom stereocenters. The first-order valence-electron chi connectivity index (χ1n) is 13.1. The third-order valence-corrected chi connectivity index (χ3v) is 8.59. The van der Waals surface area contributed by atoms with Crippen LogP contribution in [0.2, 0.25) is 0 Å². The summed E-state index contributed by atoms with van der Waals surface area (Å²) in [6.07, 6.45) is 2.78. The zero-order valence-corrected chi connectivity index (χ0v) is 22.6. The first-order chi connectivity index (χ1) is 17.3. The number of nitrogens with zero attached hydrogens (tertiary/aromatic N) is 3. The maximum atomic E-state index is 12.6. The number of carbonyl (C=O) groups excluding carboxylic acids is 1. The molecule has 0 radical (unpaired) electrons. The van der Waals surface area contributed by atoms with E-state index in [-0.39, 0.29) is 12.1 Å². The first-order valence-corrected chi connectivity index (χ1v) is 14.3. The van der Waals surface area contributed by atoms with E-state index in [1.165, 1.54) is 5.52 Å². The van der Waals surface area contributed by atoms with E-state index in [1.54, 1.807) is 0 Å². The van der Waals surface area contributed by atoms with Gasteiger partial charge in [-0.1, -0.05) is 42.5 Å². The molecule has 1 aromatic heterocycles. The molecule has 3 heterocycles. The number of aromatic nitrogens is 2. The molecule has 2 aromatic carbocycles. The fourth-order valence-electron chi connectivity index (χ4n) is 5.90. The van der Waals surface area contributed by atoms with Gasteiger partial charge in [-0.2, -0.15) is 11.8 Å². The van der Waals surface area contributed by atoms with E-state index in [1.807, 2.05) is 39.0 Å². The van der Waals surface area contributed by atoms with Gasteiger partial charge in [0.25, 0.3) is 0 Å². The third kappa shape index (κ3) is 5.57. The first kappa shape index (κ1) is 25.2. The average Bonchev–Trinajstić information content (AvgIpc) is 3.16. The summed E-state index contributed by atoms with van der Waals surface area (Å²) in [6, 6.07) is 20.3. The highest BCUT2D eigenvalue weighted by Gasteiger charge is 2.40. The Hall–Kier alpha value is -2.51. The second-order valence-corrected chi connectivity index (χ2v) is 12.2. The quantitative estimate of drug-likeness (QED) is 0.436. The van der Waals surface area contributed by atoms with Crippen LogP contribution >= 0.6 is 11.8 Å². The normalized spacial score (nSPS) is 23.4. The lowest BCUT2D eigenvalue weighted by Crippen LogP contribution is -2.55. The number of amides is 1. The summed E-state index contributed by atoms with van der Waals surface area (Å²) in [7, 11) is 0. The summed E-state index contributed by atoms with van der Waals surface area (Å²) in [5.41, 5.74) is 2.95. The number of imidazole rings is 1. The molecule has 2 aliphatic heterocycles. The summed E-state index contributed by atoms with van der Waals surface area (Å²) in [5, 5.41) is 3.15. The van der Waals surface area contributed by atoms with Gasteiger partial charge in [0.2, 0.25) is 0 Å². The average molecular weight is 507 g/mol. The fraction of sp³-hybridized carbons (Fsp3) is 0.517. The van der Waals surface area contributed by atoms with Crippen LogP contribution in [-0.2, 0) is 4.74 Å². The number of fused-ring (bicyclic) bond motifs is 3. The molecule has 7 heteroatoms. The van der Waals surface area contributed by atoms with Crippen molar-refractivity contribution in [3.8, 4) is 0 Å². The summed E-state index contributed by atoms with van der Waals surface area (Å²) >= 11 is 2.09. The van der Waals surface area contributed by atoms with Crippen LogP contribution in [0.4, 0.5) is 4.79 Å². The van der Waals surface area contributed by atoms with Gasteiger partial charge >= 0.3 is 6.09 Å². The molecule has 2 aliphatic rings. The predicted octanol–water partition coefficient (Wildman–Crippen LogP) is 6.12. The molecule has 1 amide bonds. The van der Waals surface area contributed by atoms with E-state index in [4.69, 9.17) is 9.72 Å². The van der Waals surface area contributed by atoms with E-state index in [0.717, 1.165) is 54.2 Å². The predicted molar refractivity (Wildman–Crippen MR) is 148 cm³/mol. The van der Waals surface area contributed by atoms with Crippen LogP contribution in [-0.4, -0.2) is 56.3 Å². The Kier molecular flexibility index (Phi) is 7.31. The lowest BCUT2D eigenvalue weighted by atomic mass is 9.90. The smallest absolute Gasteiger partial charge is 0.408 e. The van der Waals surface area contributed by atoms with Crippen molar-refractivity contribution in [3.63, 3.8) is 0 Å². The van der Waals surface area contributed by atoms with Crippen molar-refractivity contribution >= 4 is 28.9 Å². The highest BCUT2D eigenvalue weighted by atomic mass is 32.2. The van der Waals surface area contributed by atoms with Gasteiger partial charge in [0, 0.05) is 36.2 Å². The molecule has 192 valence electrons. The van der Waals surface area contributed by atoms with Crippen LogP contribution in [0.1, 0.15) is 63.5 Å². The molecule has 2 bridgehead atoms. The van der Waals surface area contributed by atoms with Crippen molar-refractivity contribution in [1.82, 2.24) is 19.8 Å². The lowest BCUT2D eigenvalue weighted by molar-refractivity contribution is 0.0472. The highest BCUT2D eigenvalue weighted by Crippen LogP contribution is 2.40. The fourth-order valence-corrected chi connectivity index (χ4v) is 7.23. The van der Waals surface area contributed by atoms with Gasteiger partial charge in [-0.25, -0.2) is 9.78 Å². The van der Waals surface area contributed by atoms with Crippen LogP contribution in [0.3, 0.4) is 0 Å². The van der Waals surface area contributed by atoms with Crippen LogP contribution in [0.25, 0.3) is 11.0 Å². The molecule has 1 N–H and O–H groups in total. The minimum atomic E-state index is -0.517. The number of carbonyl (C=O) groups is 1. The summed E-state index contributed by atoms with van der Waals surface area (Å²) in [5.74, 6) is 3.44. The van der Waals surface area contributed by atoms with Crippen molar-refractivity contribution in [2.45, 2.75) is 76.7 Å². The molecular weight excluding hydrogens is 468 g/mol. The Balaban J connectivity index is 1.30. The molecule has 5 rings (SSSR count). The lowest BCUT2D eigenvalue weighted by Gasteiger charge is -2.49. The van der Waals surface area contributed by atoms with Gasteiger partial charge < -0.3 is 14.6 Å². The van der Waals surface area contributed by atoms with Crippen molar-refractivity contribution in [3.05, 3.63) is 66.0 Å². The Morgan fingerprint density at radius 1 is 1.06 bits per heavy atom. The van der Waals surface area contributed by atoms with Crippen LogP contribution in [0, 0.1) is 6.92 Å². The molecule has 2 saturated heterocycles. The summed E-state index contributed by atoms with van der Waals surface area (Å²) in [6.45, 7) is 8.81. The Bertz CT molecular complexity index is 1170. The van der Waals surface area contributed by atoms with Crippen molar-refractivity contribution < 1.29 is 9.53 Å². The molecule has 3 atom stereocenters. The Labute approximate surface area is 218 Å². The van der Waals surface area contributed by atoms with Crippen molar-refractivity contribution in [2.75, 3.05) is 18.1 Å². The van der Waals surface area contributed by atoms with Gasteiger partial charge in [0.15, 0.2) is 0 Å². The number of thioether (sulfide) groups is 1. The summed E-state index contributed by atoms with van der Waals surface area (Å²) in [4.78, 5) is 20.2. The number of rotatable bonds is 6. The second kappa shape index (κ2) is 10.5. The molecule has 0 aliphatic carbocycles. The van der Waals surface area contributed by atoms with Crippen molar-refractivity contribution in [2.24, 2.45) is 0 Å². The maximum absolute atomic E-state index is 12.6. The highest BCUT2D eigenvalue weighted by molar-refractivity contribution is 7.99. The largest absolute Gasteiger partial charge is 0.444 e. The van der Waals surface area contributed by atoms with E-state index in [9.17, 15) is 4.79 Å². The minimum absolute atomic E-state index is 0.0769. The molecule has 3 aromatic rings. The van der Waals surface area contributed by atoms with Gasteiger partial charge in [0.1, 0.15) is 11.4 Å². The number of hydrogen-bond donors (Lipinski definition) is 1. The molecule has 0 spiro atoms. The van der Waals surface area contributed by atoms with Gasteiger partial charge in [-0.15, -0.1) is 0 Å². The SMILES string of the molecule is Cc1nc2ccccc2n1C1CC2CSCC(C1)N2CC[C@H](NC(=O)OC(C)(C)C)c1ccccc1. The monoisotopic (exact) mass is 506 g/mol. The van der Waals surface area contributed by atoms with E-state index in [0.29, 0.717) is 18.1 Å². The topological polar surface area (TPSA) is 59.4 Å². The standard InChI is InChI=1S/C29H38N4O2S/c1-20-30-26-12-8-9-13-27(26)33(20)22-16-23-18-36-19-24(17-22)32(23)15-14-25(21-10-6-5-7-11-21)31-28(34)35-29(2,3)4/h5-13,22-25H,14-19H2,1-4H3,(H,31,34)/t22?,23?,24?,25-/m0/s1. The number of aryl methyl sites for hydroxylation is 1. The number of alkyl carbamates (subject to hydrolysis) is 1. The van der Waals surface area contributed by atoms with Gasteiger partial charge in [-0.3, -0.25) is 4.90 Å².